The smallest absolute Gasteiger partial charge is 0.284 e. The highest BCUT2D eigenvalue weighted by Crippen LogP contribution is 2.21. The van der Waals surface area contributed by atoms with Gasteiger partial charge in [0, 0.05) is 34.8 Å². The van der Waals surface area contributed by atoms with Crippen molar-refractivity contribution in [3.63, 3.8) is 0 Å². The van der Waals surface area contributed by atoms with Gasteiger partial charge in [-0.1, -0.05) is 48.7 Å². The second-order valence-electron chi connectivity index (χ2n) is 4.32. The molecule has 2 rings (SSSR count). The third-order valence-electron chi connectivity index (χ3n) is 2.88. The third kappa shape index (κ3) is 4.23. The molecule has 0 aliphatic rings. The minimum Gasteiger partial charge on any atom is -0.289 e. The molecule has 0 aliphatic heterocycles. The number of halogens is 2. The zero-order valence-electron chi connectivity index (χ0n) is 11.1. The standard InChI is InChI=1S/C16H13F2NOS/c1-11(14-3-2-8-19-9-14)15(20)13-6-4-12(5-7-13)10-21-16(17)18/h2-9,16H,1,10H2. The van der Waals surface area contributed by atoms with Crippen LogP contribution in [0.5, 0.6) is 0 Å². The molecule has 0 aliphatic carbocycles. The first-order chi connectivity index (χ1) is 10.1. The normalized spacial score (nSPS) is 10.6. The maximum absolute atomic E-state index is 12.3. The predicted octanol–water partition coefficient (Wildman–Crippen LogP) is 4.43. The van der Waals surface area contributed by atoms with Gasteiger partial charge in [-0.05, 0) is 11.6 Å². The van der Waals surface area contributed by atoms with Crippen molar-refractivity contribution in [3.05, 3.63) is 72.1 Å². The molecule has 0 spiro atoms. The van der Waals surface area contributed by atoms with Crippen molar-refractivity contribution in [1.82, 2.24) is 4.98 Å². The molecule has 0 N–H and O–H groups in total. The first-order valence-electron chi connectivity index (χ1n) is 6.20. The van der Waals surface area contributed by atoms with Gasteiger partial charge in [-0.15, -0.1) is 0 Å². The Kier molecular flexibility index (Phi) is 5.22. The Morgan fingerprint density at radius 1 is 1.19 bits per heavy atom. The van der Waals surface area contributed by atoms with Crippen LogP contribution in [0, 0.1) is 0 Å². The van der Waals surface area contributed by atoms with Crippen LogP contribution in [0.2, 0.25) is 0 Å². The molecule has 0 saturated heterocycles. The van der Waals surface area contributed by atoms with Gasteiger partial charge in [-0.3, -0.25) is 9.78 Å². The van der Waals surface area contributed by atoms with E-state index in [9.17, 15) is 13.6 Å². The summed E-state index contributed by atoms with van der Waals surface area (Å²) in [6, 6.07) is 10.1. The summed E-state index contributed by atoms with van der Waals surface area (Å²) in [6.45, 7) is 3.79. The maximum Gasteiger partial charge on any atom is 0.284 e. The number of benzene rings is 1. The summed E-state index contributed by atoms with van der Waals surface area (Å²) in [7, 11) is 0. The van der Waals surface area contributed by atoms with Crippen LogP contribution in [0.1, 0.15) is 21.5 Å². The number of hydrogen-bond donors (Lipinski definition) is 0. The maximum atomic E-state index is 12.3. The van der Waals surface area contributed by atoms with Gasteiger partial charge >= 0.3 is 0 Å². The predicted molar refractivity (Wildman–Crippen MR) is 81.3 cm³/mol. The molecule has 0 fully saturated rings. The highest BCUT2D eigenvalue weighted by Gasteiger charge is 2.12. The first-order valence-corrected chi connectivity index (χ1v) is 7.25. The zero-order valence-corrected chi connectivity index (χ0v) is 11.9. The Morgan fingerprint density at radius 2 is 1.90 bits per heavy atom. The number of nitrogens with zero attached hydrogens (tertiary/aromatic N) is 1. The number of pyridine rings is 1. The number of ketones is 1. The van der Waals surface area contributed by atoms with Crippen molar-refractivity contribution >= 4 is 23.1 Å². The Labute approximate surface area is 125 Å². The molecular formula is C16H13F2NOS. The lowest BCUT2D eigenvalue weighted by Crippen LogP contribution is -2.02. The second-order valence-corrected chi connectivity index (χ2v) is 5.30. The van der Waals surface area contributed by atoms with Gasteiger partial charge < -0.3 is 0 Å². The van der Waals surface area contributed by atoms with Crippen LogP contribution in [0.4, 0.5) is 8.78 Å². The summed E-state index contributed by atoms with van der Waals surface area (Å²) in [5, 5.41) is 0. The number of rotatable bonds is 6. The molecule has 108 valence electrons. The lowest BCUT2D eigenvalue weighted by Gasteiger charge is -2.06. The van der Waals surface area contributed by atoms with Crippen LogP contribution in [-0.4, -0.2) is 16.5 Å². The first kappa shape index (κ1) is 15.4. The minimum absolute atomic E-state index is 0.198. The lowest BCUT2D eigenvalue weighted by molar-refractivity contribution is 0.105. The van der Waals surface area contributed by atoms with E-state index in [2.05, 4.69) is 11.6 Å². The van der Waals surface area contributed by atoms with Crippen LogP contribution in [0.15, 0.2) is 55.4 Å². The van der Waals surface area contributed by atoms with E-state index in [1.165, 1.54) is 0 Å². The Balaban J connectivity index is 2.08. The quantitative estimate of drug-likeness (QED) is 0.584. The van der Waals surface area contributed by atoms with E-state index < -0.39 is 5.76 Å². The number of aromatic nitrogens is 1. The topological polar surface area (TPSA) is 30.0 Å². The lowest BCUT2D eigenvalue weighted by atomic mass is 9.99. The van der Waals surface area contributed by atoms with E-state index >= 15 is 0 Å². The molecule has 2 aromatic rings. The van der Waals surface area contributed by atoms with Crippen molar-refractivity contribution in [2.75, 3.05) is 0 Å². The fourth-order valence-electron chi connectivity index (χ4n) is 1.76. The van der Waals surface area contributed by atoms with Gasteiger partial charge in [0.25, 0.3) is 5.76 Å². The van der Waals surface area contributed by atoms with Crippen molar-refractivity contribution in [1.29, 1.82) is 0 Å². The second kappa shape index (κ2) is 7.13. The highest BCUT2D eigenvalue weighted by atomic mass is 32.2. The van der Waals surface area contributed by atoms with Gasteiger partial charge in [0.05, 0.1) is 0 Å². The summed E-state index contributed by atoms with van der Waals surface area (Å²) in [5.41, 5.74) is 2.26. The minimum atomic E-state index is -2.39. The van der Waals surface area contributed by atoms with Gasteiger partial charge in [0.1, 0.15) is 0 Å². The molecule has 1 heterocycles. The van der Waals surface area contributed by atoms with E-state index in [0.29, 0.717) is 28.5 Å². The molecule has 0 amide bonds. The third-order valence-corrected chi connectivity index (χ3v) is 3.63. The number of thioether (sulfide) groups is 1. The Hall–Kier alpha value is -2.01. The van der Waals surface area contributed by atoms with Crippen molar-refractivity contribution < 1.29 is 13.6 Å². The largest absolute Gasteiger partial charge is 0.289 e. The van der Waals surface area contributed by atoms with E-state index in [-0.39, 0.29) is 11.5 Å². The van der Waals surface area contributed by atoms with Crippen LogP contribution < -0.4 is 0 Å². The van der Waals surface area contributed by atoms with E-state index in [1.807, 2.05) is 0 Å². The molecule has 1 aromatic carbocycles. The van der Waals surface area contributed by atoms with Crippen molar-refractivity contribution in [3.8, 4) is 0 Å². The highest BCUT2D eigenvalue weighted by molar-refractivity contribution is 7.98. The zero-order chi connectivity index (χ0) is 15.2. The van der Waals surface area contributed by atoms with Gasteiger partial charge in [0.2, 0.25) is 0 Å². The molecule has 21 heavy (non-hydrogen) atoms. The fourth-order valence-corrected chi connectivity index (χ4v) is 2.27. The van der Waals surface area contributed by atoms with Crippen LogP contribution in [0.3, 0.4) is 0 Å². The molecule has 2 nitrogen and oxygen atoms in total. The average molecular weight is 305 g/mol. The number of allylic oxidation sites excluding steroid dienone is 1. The summed E-state index contributed by atoms with van der Waals surface area (Å²) in [6.07, 6.45) is 3.20. The number of alkyl halides is 2. The summed E-state index contributed by atoms with van der Waals surface area (Å²) in [5.74, 6) is -2.37. The van der Waals surface area contributed by atoms with Crippen molar-refractivity contribution in [2.45, 2.75) is 11.5 Å². The van der Waals surface area contributed by atoms with E-state index in [1.54, 1.807) is 48.8 Å². The average Bonchev–Trinajstić information content (AvgIpc) is 2.53. The number of carbonyl (C=O) groups excluding carboxylic acids is 1. The van der Waals surface area contributed by atoms with Crippen LogP contribution in [-0.2, 0) is 5.75 Å². The molecule has 0 atom stereocenters. The molecule has 0 saturated carbocycles. The van der Waals surface area contributed by atoms with Gasteiger partial charge in [-0.25, -0.2) is 0 Å². The van der Waals surface area contributed by atoms with Gasteiger partial charge in [0.15, 0.2) is 5.78 Å². The van der Waals surface area contributed by atoms with E-state index in [0.717, 1.165) is 5.56 Å². The van der Waals surface area contributed by atoms with Crippen LogP contribution in [0.25, 0.3) is 5.57 Å². The summed E-state index contributed by atoms with van der Waals surface area (Å²) < 4.78 is 24.2. The van der Waals surface area contributed by atoms with Crippen LogP contribution >= 0.6 is 11.8 Å². The molecule has 0 bridgehead atoms. The van der Waals surface area contributed by atoms with E-state index in [4.69, 9.17) is 0 Å². The molecular weight excluding hydrogens is 292 g/mol. The molecule has 0 unspecified atom stereocenters. The molecule has 0 radical (unpaired) electrons. The molecule has 1 aromatic heterocycles. The monoisotopic (exact) mass is 305 g/mol. The van der Waals surface area contributed by atoms with Crippen molar-refractivity contribution in [2.24, 2.45) is 0 Å². The Morgan fingerprint density at radius 3 is 2.48 bits per heavy atom. The molecule has 5 heteroatoms. The summed E-state index contributed by atoms with van der Waals surface area (Å²) >= 11 is 0.558. The SMILES string of the molecule is C=C(C(=O)c1ccc(CSC(F)F)cc1)c1cccnc1. The van der Waals surface area contributed by atoms with Gasteiger partial charge in [-0.2, -0.15) is 8.78 Å². The summed E-state index contributed by atoms with van der Waals surface area (Å²) in [4.78, 5) is 16.2. The Bertz CT molecular complexity index is 626. The number of hydrogen-bond acceptors (Lipinski definition) is 3. The number of carbonyl (C=O) groups is 1. The number of Topliss-reactive ketones (excluding diaryl/α,β-unsaturated/α-hetero) is 1. The fraction of sp³-hybridized carbons (Fsp3) is 0.125.